The van der Waals surface area contributed by atoms with Gasteiger partial charge in [0, 0.05) is 16.7 Å². The van der Waals surface area contributed by atoms with Gasteiger partial charge in [0.15, 0.2) is 11.4 Å². The highest BCUT2D eigenvalue weighted by atomic mass is 127. The fourth-order valence-electron chi connectivity index (χ4n) is 8.52. The number of thioether (sulfide) groups is 1. The van der Waals surface area contributed by atoms with Gasteiger partial charge in [-0.2, -0.15) is 0 Å². The Morgan fingerprint density at radius 3 is 2.65 bits per heavy atom. The summed E-state index contributed by atoms with van der Waals surface area (Å²) >= 11 is 3.42. The van der Waals surface area contributed by atoms with Crippen LogP contribution in [0.3, 0.4) is 0 Å². The van der Waals surface area contributed by atoms with Gasteiger partial charge in [0.25, 0.3) is 0 Å². The fraction of sp³-hybridized carbons (Fsp3) is 0.581. The molecule has 0 amide bonds. The summed E-state index contributed by atoms with van der Waals surface area (Å²) in [5.74, 6) is 4.51. The SMILES string of the molecule is C[C@@H]1CC2C3C[C@H](C)C4=CC(=O)C=CC4(C)[C@@]3(I)[C@@H](O)C[C@]2(C)[C@@]1(OC(=O)c1ccco1)C(=O)SCC#CCO. The van der Waals surface area contributed by atoms with Crippen LogP contribution in [0.25, 0.3) is 0 Å². The van der Waals surface area contributed by atoms with Crippen LogP contribution in [-0.4, -0.2) is 54.6 Å². The van der Waals surface area contributed by atoms with Crippen molar-refractivity contribution in [3.8, 4) is 11.8 Å². The van der Waals surface area contributed by atoms with E-state index in [-0.39, 0.29) is 59.1 Å². The normalized spacial score (nSPS) is 41.6. The van der Waals surface area contributed by atoms with Gasteiger partial charge in [0.1, 0.15) is 6.61 Å². The Morgan fingerprint density at radius 1 is 1.23 bits per heavy atom. The topological polar surface area (TPSA) is 114 Å². The predicted octanol–water partition coefficient (Wildman–Crippen LogP) is 4.76. The molecule has 9 heteroatoms. The van der Waals surface area contributed by atoms with Crippen molar-refractivity contribution in [1.29, 1.82) is 0 Å². The minimum absolute atomic E-state index is 0.00419. The third kappa shape index (κ3) is 4.03. The number of carbonyl (C=O) groups excluding carboxylic acids is 3. The van der Waals surface area contributed by atoms with Gasteiger partial charge in [0.05, 0.1) is 21.5 Å². The highest BCUT2D eigenvalue weighted by Crippen LogP contribution is 2.73. The Kier molecular flexibility index (Phi) is 7.73. The predicted molar refractivity (Wildman–Crippen MR) is 160 cm³/mol. The first-order valence-corrected chi connectivity index (χ1v) is 15.8. The average molecular weight is 679 g/mol. The quantitative estimate of drug-likeness (QED) is 0.203. The van der Waals surface area contributed by atoms with Crippen LogP contribution in [0.15, 0.2) is 46.6 Å². The summed E-state index contributed by atoms with van der Waals surface area (Å²) in [4.78, 5) is 40.0. The van der Waals surface area contributed by atoms with E-state index in [0.717, 1.165) is 23.8 Å². The monoisotopic (exact) mass is 678 g/mol. The molecule has 4 aliphatic carbocycles. The molecule has 9 atom stereocenters. The summed E-state index contributed by atoms with van der Waals surface area (Å²) in [5, 5.41) is 20.9. The Balaban J connectivity index is 1.61. The molecule has 4 aliphatic rings. The van der Waals surface area contributed by atoms with Crippen molar-refractivity contribution in [1.82, 2.24) is 0 Å². The van der Waals surface area contributed by atoms with E-state index in [1.807, 2.05) is 19.9 Å². The number of rotatable bonds is 4. The van der Waals surface area contributed by atoms with Gasteiger partial charge in [-0.25, -0.2) is 4.79 Å². The third-order valence-electron chi connectivity index (χ3n) is 10.3. The Hall–Kier alpha value is -1.87. The number of allylic oxidation sites excluding steroid dienone is 4. The summed E-state index contributed by atoms with van der Waals surface area (Å²) in [5.41, 5.74) is -1.88. The molecule has 1 aromatic rings. The zero-order valence-electron chi connectivity index (χ0n) is 23.1. The molecule has 3 unspecified atom stereocenters. The lowest BCUT2D eigenvalue weighted by Gasteiger charge is -2.65. The fourth-order valence-corrected chi connectivity index (χ4v) is 10.9. The molecule has 214 valence electrons. The molecule has 2 N–H and O–H groups in total. The zero-order valence-corrected chi connectivity index (χ0v) is 26.1. The Bertz CT molecular complexity index is 1340. The molecule has 0 spiro atoms. The summed E-state index contributed by atoms with van der Waals surface area (Å²) in [6.07, 6.45) is 7.51. The van der Waals surface area contributed by atoms with Gasteiger partial charge >= 0.3 is 5.97 Å². The average Bonchev–Trinajstić information content (AvgIpc) is 3.52. The van der Waals surface area contributed by atoms with E-state index in [1.54, 1.807) is 18.2 Å². The highest BCUT2D eigenvalue weighted by Gasteiger charge is 2.76. The van der Waals surface area contributed by atoms with Gasteiger partial charge < -0.3 is 19.4 Å². The van der Waals surface area contributed by atoms with Gasteiger partial charge in [-0.1, -0.05) is 85.5 Å². The van der Waals surface area contributed by atoms with E-state index in [4.69, 9.17) is 14.3 Å². The number of halogens is 1. The minimum Gasteiger partial charge on any atom is -0.457 e. The summed E-state index contributed by atoms with van der Waals surface area (Å²) in [6.45, 7) is 7.90. The van der Waals surface area contributed by atoms with Crippen LogP contribution in [0.1, 0.15) is 57.5 Å². The van der Waals surface area contributed by atoms with E-state index in [1.165, 1.54) is 12.3 Å². The molecule has 3 saturated carbocycles. The van der Waals surface area contributed by atoms with Crippen LogP contribution in [-0.2, 0) is 14.3 Å². The van der Waals surface area contributed by atoms with E-state index in [0.29, 0.717) is 6.42 Å². The second-order valence-electron chi connectivity index (χ2n) is 12.1. The lowest BCUT2D eigenvalue weighted by molar-refractivity contribution is -0.170. The Labute approximate surface area is 252 Å². The van der Waals surface area contributed by atoms with Crippen LogP contribution >= 0.6 is 34.4 Å². The molecule has 3 fully saturated rings. The molecule has 0 saturated heterocycles. The van der Waals surface area contributed by atoms with Gasteiger partial charge in [0.2, 0.25) is 10.9 Å². The number of hydrogen-bond acceptors (Lipinski definition) is 8. The van der Waals surface area contributed by atoms with Crippen molar-refractivity contribution in [2.75, 3.05) is 12.4 Å². The van der Waals surface area contributed by atoms with Crippen molar-refractivity contribution >= 4 is 51.2 Å². The molecule has 0 radical (unpaired) electrons. The van der Waals surface area contributed by atoms with Crippen LogP contribution in [0.2, 0.25) is 0 Å². The molecule has 40 heavy (non-hydrogen) atoms. The first-order valence-electron chi connectivity index (χ1n) is 13.7. The number of alkyl halides is 1. The summed E-state index contributed by atoms with van der Waals surface area (Å²) < 4.78 is 11.0. The van der Waals surface area contributed by atoms with Gasteiger partial charge in [-0.3, -0.25) is 9.59 Å². The van der Waals surface area contributed by atoms with Crippen LogP contribution < -0.4 is 0 Å². The lowest BCUT2D eigenvalue weighted by Crippen LogP contribution is -2.69. The molecule has 1 aromatic heterocycles. The number of aliphatic hydroxyl groups is 2. The second-order valence-corrected chi connectivity index (χ2v) is 14.9. The molecule has 0 aromatic carbocycles. The van der Waals surface area contributed by atoms with Crippen molar-refractivity contribution in [3.63, 3.8) is 0 Å². The number of fused-ring (bicyclic) bond motifs is 5. The highest BCUT2D eigenvalue weighted by molar-refractivity contribution is 14.1. The lowest BCUT2D eigenvalue weighted by atomic mass is 9.45. The van der Waals surface area contributed by atoms with Crippen molar-refractivity contribution in [2.45, 2.75) is 62.1 Å². The van der Waals surface area contributed by atoms with Crippen LogP contribution in [0.5, 0.6) is 0 Å². The number of carbonyl (C=O) groups is 3. The third-order valence-corrected chi connectivity index (χ3v) is 13.8. The van der Waals surface area contributed by atoms with E-state index < -0.39 is 31.9 Å². The first-order chi connectivity index (χ1) is 18.9. The van der Waals surface area contributed by atoms with Gasteiger partial charge in [-0.05, 0) is 61.3 Å². The van der Waals surface area contributed by atoms with Crippen molar-refractivity contribution in [3.05, 3.63) is 48.0 Å². The zero-order chi connectivity index (χ0) is 29.1. The molecule has 1 heterocycles. The number of aliphatic hydroxyl groups excluding tert-OH is 2. The van der Waals surface area contributed by atoms with Crippen molar-refractivity contribution in [2.24, 2.45) is 34.5 Å². The molecule has 7 nitrogen and oxygen atoms in total. The van der Waals surface area contributed by atoms with Gasteiger partial charge in [-0.15, -0.1) is 0 Å². The van der Waals surface area contributed by atoms with E-state index in [9.17, 15) is 19.5 Å². The number of ether oxygens (including phenoxy) is 1. The molecular formula is C31H35IO7S. The minimum atomic E-state index is -1.52. The molecule has 5 rings (SSSR count). The summed E-state index contributed by atoms with van der Waals surface area (Å²) in [6, 6.07) is 3.11. The van der Waals surface area contributed by atoms with Crippen molar-refractivity contribution < 1.29 is 33.8 Å². The maximum Gasteiger partial charge on any atom is 0.375 e. The molecular weight excluding hydrogens is 643 g/mol. The van der Waals surface area contributed by atoms with Crippen LogP contribution in [0, 0.1) is 46.3 Å². The maximum absolute atomic E-state index is 14.2. The smallest absolute Gasteiger partial charge is 0.375 e. The standard InChI is InChI=1S/C31H35IO7S/c1-18-14-23-22-15-19(2)31(27(37)40-13-6-5-11-33,39-26(36)24-8-7-12-38-24)29(22,4)17-25(35)30(23,32)28(3)10-9-20(34)16-21(18)28/h7-10,12,16,18-19,22-23,25,33,35H,11,13-15,17H2,1-4H3/t18-,19+,22?,23?,25-,28?,29-,30-,31-/m0/s1. The Morgan fingerprint density at radius 2 is 1.98 bits per heavy atom. The number of ketones is 1. The maximum atomic E-state index is 14.2. The molecule has 0 aliphatic heterocycles. The second kappa shape index (κ2) is 10.4. The summed E-state index contributed by atoms with van der Waals surface area (Å²) in [7, 11) is 0. The first kappa shape index (κ1) is 29.6. The largest absolute Gasteiger partial charge is 0.457 e. The van der Waals surface area contributed by atoms with E-state index in [2.05, 4.69) is 48.3 Å². The molecule has 0 bridgehead atoms. The number of esters is 1. The number of furan rings is 1. The number of hydrogen-bond donors (Lipinski definition) is 2. The van der Waals surface area contributed by atoms with E-state index >= 15 is 0 Å². The van der Waals surface area contributed by atoms with Crippen LogP contribution in [0.4, 0.5) is 0 Å².